The second-order valence-electron chi connectivity index (χ2n) is 6.22. The largest absolute Gasteiger partial charge is 0.465 e. The number of halogens is 3. The van der Waals surface area contributed by atoms with Crippen LogP contribution in [-0.4, -0.2) is 37.5 Å². The van der Waals surface area contributed by atoms with Crippen LogP contribution in [0.4, 0.5) is 24.8 Å². The molecular weight excluding hydrogens is 417 g/mol. The SMILES string of the molecule is Cn1cc(Nc2nccc(-c3csc(-c4ccccc4)n3)n2)c(OCC(F)(F)F)n1. The number of hydrogen-bond donors (Lipinski definition) is 1. The summed E-state index contributed by atoms with van der Waals surface area (Å²) < 4.78 is 43.5. The summed E-state index contributed by atoms with van der Waals surface area (Å²) >= 11 is 1.49. The molecule has 30 heavy (non-hydrogen) atoms. The number of benzene rings is 1. The molecule has 3 heterocycles. The fourth-order valence-electron chi connectivity index (χ4n) is 2.60. The Morgan fingerprint density at radius 1 is 1.10 bits per heavy atom. The average molecular weight is 432 g/mol. The molecule has 4 aromatic rings. The predicted octanol–water partition coefficient (Wildman–Crippen LogP) is 4.69. The van der Waals surface area contributed by atoms with E-state index in [9.17, 15) is 13.2 Å². The van der Waals surface area contributed by atoms with Gasteiger partial charge >= 0.3 is 6.18 Å². The highest BCUT2D eigenvalue weighted by atomic mass is 32.1. The van der Waals surface area contributed by atoms with E-state index in [4.69, 9.17) is 4.74 Å². The number of thiazole rings is 1. The van der Waals surface area contributed by atoms with Crippen LogP contribution in [0.1, 0.15) is 0 Å². The molecule has 0 amide bonds. The van der Waals surface area contributed by atoms with Gasteiger partial charge in [0.15, 0.2) is 6.61 Å². The summed E-state index contributed by atoms with van der Waals surface area (Å²) in [6, 6.07) is 11.5. The second-order valence-corrected chi connectivity index (χ2v) is 7.08. The van der Waals surface area contributed by atoms with Crippen molar-refractivity contribution in [3.8, 4) is 27.8 Å². The molecule has 0 saturated carbocycles. The number of aryl methyl sites for hydroxylation is 1. The van der Waals surface area contributed by atoms with E-state index in [0.717, 1.165) is 10.6 Å². The van der Waals surface area contributed by atoms with Crippen molar-refractivity contribution in [1.29, 1.82) is 0 Å². The van der Waals surface area contributed by atoms with Crippen molar-refractivity contribution in [2.45, 2.75) is 6.18 Å². The number of hydrogen-bond acceptors (Lipinski definition) is 7. The third-order valence-corrected chi connectivity index (χ3v) is 4.75. The predicted molar refractivity (Wildman–Crippen MR) is 107 cm³/mol. The maximum atomic E-state index is 12.5. The van der Waals surface area contributed by atoms with Gasteiger partial charge in [-0.15, -0.1) is 16.4 Å². The first-order valence-corrected chi connectivity index (χ1v) is 9.60. The van der Waals surface area contributed by atoms with Crippen LogP contribution in [-0.2, 0) is 7.05 Å². The van der Waals surface area contributed by atoms with Crippen LogP contribution in [0.5, 0.6) is 5.88 Å². The molecule has 0 radical (unpaired) electrons. The van der Waals surface area contributed by atoms with Gasteiger partial charge < -0.3 is 10.1 Å². The number of aromatic nitrogens is 5. The Kier molecular flexibility index (Phi) is 5.36. The van der Waals surface area contributed by atoms with Crippen molar-refractivity contribution >= 4 is 23.0 Å². The fraction of sp³-hybridized carbons (Fsp3) is 0.158. The molecule has 1 N–H and O–H groups in total. The van der Waals surface area contributed by atoms with Crippen LogP contribution in [0.3, 0.4) is 0 Å². The highest BCUT2D eigenvalue weighted by molar-refractivity contribution is 7.13. The number of ether oxygens (including phenoxy) is 1. The van der Waals surface area contributed by atoms with E-state index in [-0.39, 0.29) is 17.5 Å². The van der Waals surface area contributed by atoms with Gasteiger partial charge in [-0.3, -0.25) is 4.68 Å². The standard InChI is InChI=1S/C19H15F3N6OS/c1-28-9-14(16(27-28)29-11-19(20,21)22)26-18-23-8-7-13(25-18)15-10-30-17(24-15)12-5-3-2-4-6-12/h2-10H,11H2,1H3,(H,23,25,26). The minimum atomic E-state index is -4.47. The zero-order valence-corrected chi connectivity index (χ0v) is 16.4. The summed E-state index contributed by atoms with van der Waals surface area (Å²) in [5.74, 6) is -0.00419. The summed E-state index contributed by atoms with van der Waals surface area (Å²) in [6.07, 6.45) is -1.44. The van der Waals surface area contributed by atoms with Gasteiger partial charge in [0.05, 0.1) is 11.9 Å². The third-order valence-electron chi connectivity index (χ3n) is 3.86. The van der Waals surface area contributed by atoms with Crippen LogP contribution >= 0.6 is 11.3 Å². The van der Waals surface area contributed by atoms with Crippen molar-refractivity contribution in [3.63, 3.8) is 0 Å². The minimum absolute atomic E-state index is 0.187. The Morgan fingerprint density at radius 3 is 2.67 bits per heavy atom. The highest BCUT2D eigenvalue weighted by Crippen LogP contribution is 2.30. The molecule has 0 aliphatic rings. The Balaban J connectivity index is 1.55. The summed E-state index contributed by atoms with van der Waals surface area (Å²) in [7, 11) is 1.57. The lowest BCUT2D eigenvalue weighted by Crippen LogP contribution is -2.19. The van der Waals surface area contributed by atoms with Crippen molar-refractivity contribution in [2.24, 2.45) is 7.05 Å². The molecule has 11 heteroatoms. The van der Waals surface area contributed by atoms with E-state index in [1.165, 1.54) is 22.2 Å². The Hall–Kier alpha value is -3.47. The van der Waals surface area contributed by atoms with Crippen LogP contribution in [0.25, 0.3) is 22.0 Å². The molecule has 4 rings (SSSR count). The highest BCUT2D eigenvalue weighted by Gasteiger charge is 2.29. The molecule has 7 nitrogen and oxygen atoms in total. The molecule has 0 aliphatic carbocycles. The minimum Gasteiger partial charge on any atom is -0.465 e. The average Bonchev–Trinajstić information content (AvgIpc) is 3.34. The molecule has 0 spiro atoms. The van der Waals surface area contributed by atoms with Gasteiger partial charge in [-0.2, -0.15) is 13.2 Å². The molecule has 0 atom stereocenters. The lowest BCUT2D eigenvalue weighted by molar-refractivity contribution is -0.154. The quantitative estimate of drug-likeness (QED) is 0.477. The van der Waals surface area contributed by atoms with E-state index < -0.39 is 12.8 Å². The van der Waals surface area contributed by atoms with E-state index in [1.54, 1.807) is 19.3 Å². The zero-order valence-electron chi connectivity index (χ0n) is 15.6. The van der Waals surface area contributed by atoms with Crippen LogP contribution in [0.2, 0.25) is 0 Å². The molecule has 0 saturated heterocycles. The van der Waals surface area contributed by atoms with Crippen LogP contribution in [0, 0.1) is 0 Å². The smallest absolute Gasteiger partial charge is 0.422 e. The number of nitrogens with one attached hydrogen (secondary N) is 1. The van der Waals surface area contributed by atoms with Gasteiger partial charge in [0.1, 0.15) is 16.4 Å². The van der Waals surface area contributed by atoms with Crippen molar-refractivity contribution in [1.82, 2.24) is 24.7 Å². The first-order chi connectivity index (χ1) is 14.4. The lowest BCUT2D eigenvalue weighted by atomic mass is 10.2. The van der Waals surface area contributed by atoms with Crippen molar-refractivity contribution in [3.05, 3.63) is 54.2 Å². The maximum Gasteiger partial charge on any atom is 0.422 e. The molecule has 0 aliphatic heterocycles. The van der Waals surface area contributed by atoms with Gasteiger partial charge in [0.2, 0.25) is 5.95 Å². The number of rotatable bonds is 6. The lowest BCUT2D eigenvalue weighted by Gasteiger charge is -2.09. The first-order valence-electron chi connectivity index (χ1n) is 8.72. The van der Waals surface area contributed by atoms with Crippen molar-refractivity contribution < 1.29 is 17.9 Å². The van der Waals surface area contributed by atoms with E-state index >= 15 is 0 Å². The number of anilines is 2. The maximum absolute atomic E-state index is 12.5. The first kappa shape index (κ1) is 19.8. The van der Waals surface area contributed by atoms with E-state index in [0.29, 0.717) is 11.4 Å². The zero-order chi connectivity index (χ0) is 21.1. The monoisotopic (exact) mass is 432 g/mol. The van der Waals surface area contributed by atoms with Crippen LogP contribution in [0.15, 0.2) is 54.2 Å². The Labute approximate surface area is 173 Å². The number of alkyl halides is 3. The Morgan fingerprint density at radius 2 is 1.90 bits per heavy atom. The van der Waals surface area contributed by atoms with Crippen LogP contribution < -0.4 is 10.1 Å². The second kappa shape index (κ2) is 8.11. The van der Waals surface area contributed by atoms with Gasteiger partial charge in [-0.05, 0) is 6.07 Å². The molecule has 3 aromatic heterocycles. The summed E-state index contributed by atoms with van der Waals surface area (Å²) in [4.78, 5) is 13.1. The molecule has 0 bridgehead atoms. The molecule has 0 unspecified atom stereocenters. The topological polar surface area (TPSA) is 77.8 Å². The van der Waals surface area contributed by atoms with E-state index in [2.05, 4.69) is 25.4 Å². The summed E-state index contributed by atoms with van der Waals surface area (Å²) in [5.41, 5.74) is 2.47. The van der Waals surface area contributed by atoms with Gasteiger partial charge in [-0.1, -0.05) is 30.3 Å². The summed E-state index contributed by atoms with van der Waals surface area (Å²) in [6.45, 7) is -1.44. The summed E-state index contributed by atoms with van der Waals surface area (Å²) in [5, 5.41) is 9.49. The van der Waals surface area contributed by atoms with Gasteiger partial charge in [0.25, 0.3) is 5.88 Å². The van der Waals surface area contributed by atoms with E-state index in [1.807, 2.05) is 35.7 Å². The molecule has 1 aromatic carbocycles. The molecule has 154 valence electrons. The third kappa shape index (κ3) is 4.74. The normalized spacial score (nSPS) is 11.5. The van der Waals surface area contributed by atoms with Crippen molar-refractivity contribution in [2.75, 3.05) is 11.9 Å². The fourth-order valence-corrected chi connectivity index (χ4v) is 3.42. The Bertz CT molecular complexity index is 1140. The number of nitrogens with zero attached hydrogens (tertiary/aromatic N) is 5. The molecule has 0 fully saturated rings. The molecular formula is C19H15F3N6OS. The van der Waals surface area contributed by atoms with Gasteiger partial charge in [0, 0.05) is 24.2 Å². The van der Waals surface area contributed by atoms with Gasteiger partial charge in [-0.25, -0.2) is 15.0 Å².